The van der Waals surface area contributed by atoms with Crippen LogP contribution in [0.5, 0.6) is 0 Å². The molecule has 61 heavy (non-hydrogen) atoms. The SMILES string of the molecule is CCc1cc2c(-c3cc4ccccc4c4ccccc34)cccc2[cH-]1.CCc1cc2c(-c3cc4ccccc4c4ccccc34)cccc2[cH-]1.C[Si](c1ccccc1)=[Zr]([Cl])[Cl]. The molecule has 11 aromatic rings. The third kappa shape index (κ3) is 8.45. The van der Waals surface area contributed by atoms with Gasteiger partial charge in [0, 0.05) is 0 Å². The molecule has 11 aromatic carbocycles. The van der Waals surface area contributed by atoms with Gasteiger partial charge in [-0.1, -0.05) is 134 Å². The summed E-state index contributed by atoms with van der Waals surface area (Å²) in [5, 5.41) is 17.3. The summed E-state index contributed by atoms with van der Waals surface area (Å²) >= 11 is -1.95. The number of aryl methyl sites for hydroxylation is 2. The molecule has 0 saturated heterocycles. The van der Waals surface area contributed by atoms with Gasteiger partial charge in [-0.25, -0.2) is 0 Å². The zero-order valence-electron chi connectivity index (χ0n) is 34.7. The van der Waals surface area contributed by atoms with Gasteiger partial charge in [-0.3, -0.25) is 0 Å². The van der Waals surface area contributed by atoms with Gasteiger partial charge in [0.05, 0.1) is 0 Å². The Kier molecular flexibility index (Phi) is 12.5. The Hall–Kier alpha value is -5.08. The molecule has 0 unspecified atom stereocenters. The molecule has 0 aliphatic rings. The summed E-state index contributed by atoms with van der Waals surface area (Å²) in [6, 6.07) is 72.7. The Bertz CT molecular complexity index is 3170. The second kappa shape index (κ2) is 18.5. The van der Waals surface area contributed by atoms with Crippen molar-refractivity contribution in [2.24, 2.45) is 0 Å². The number of halogens is 2. The average Bonchev–Trinajstić information content (AvgIpc) is 3.96. The molecule has 0 atom stereocenters. The predicted molar refractivity (Wildman–Crippen MR) is 268 cm³/mol. The van der Waals surface area contributed by atoms with Crippen molar-refractivity contribution in [3.8, 4) is 22.3 Å². The molecule has 0 aromatic heterocycles. The molecule has 0 N–H and O–H groups in total. The van der Waals surface area contributed by atoms with E-state index >= 15 is 0 Å². The minimum absolute atomic E-state index is 0.557. The van der Waals surface area contributed by atoms with E-state index in [4.69, 9.17) is 17.0 Å². The third-order valence-electron chi connectivity index (χ3n) is 12.0. The van der Waals surface area contributed by atoms with Gasteiger partial charge >= 0.3 is 82.5 Å². The van der Waals surface area contributed by atoms with E-state index in [-0.39, 0.29) is 0 Å². The van der Waals surface area contributed by atoms with Gasteiger partial charge in [0.2, 0.25) is 0 Å². The third-order valence-corrected chi connectivity index (χ3v) is 30.2. The topological polar surface area (TPSA) is 0 Å². The first-order valence-corrected chi connectivity index (χ1v) is 33.2. The van der Waals surface area contributed by atoms with E-state index in [9.17, 15) is 0 Å². The van der Waals surface area contributed by atoms with E-state index in [0.29, 0.717) is 0 Å². The van der Waals surface area contributed by atoms with Crippen LogP contribution in [0.2, 0.25) is 6.55 Å². The maximum absolute atomic E-state index is 5.97. The second-order valence-electron chi connectivity index (χ2n) is 15.7. The first kappa shape index (κ1) is 41.3. The fourth-order valence-corrected chi connectivity index (χ4v) is 16.4. The van der Waals surface area contributed by atoms with Crippen molar-refractivity contribution in [3.05, 3.63) is 211 Å². The van der Waals surface area contributed by atoms with Crippen LogP contribution in [0.3, 0.4) is 0 Å². The van der Waals surface area contributed by atoms with Crippen molar-refractivity contribution in [1.29, 1.82) is 0 Å². The average molecular weight is 921 g/mol. The van der Waals surface area contributed by atoms with Gasteiger partial charge in [-0.2, -0.15) is 12.1 Å². The number of hydrogen-bond acceptors (Lipinski definition) is 0. The van der Waals surface area contributed by atoms with E-state index in [1.165, 1.54) is 103 Å². The summed E-state index contributed by atoms with van der Waals surface area (Å²) in [7, 11) is 11.9. The van der Waals surface area contributed by atoms with Crippen LogP contribution in [-0.4, -0.2) is 5.43 Å². The molecule has 0 aliphatic heterocycles. The first-order valence-electron chi connectivity index (χ1n) is 21.2. The van der Waals surface area contributed by atoms with Gasteiger partial charge in [-0.15, -0.1) is 69.1 Å². The molecule has 0 nitrogen and oxygen atoms in total. The zero-order chi connectivity index (χ0) is 41.9. The van der Waals surface area contributed by atoms with Crippen LogP contribution in [0.25, 0.3) is 86.9 Å². The molecule has 0 amide bonds. The van der Waals surface area contributed by atoms with Crippen molar-refractivity contribution in [1.82, 2.24) is 0 Å². The molecule has 0 fully saturated rings. The van der Waals surface area contributed by atoms with Crippen LogP contribution in [0.15, 0.2) is 200 Å². The van der Waals surface area contributed by atoms with E-state index in [0.717, 1.165) is 12.8 Å². The van der Waals surface area contributed by atoms with E-state index in [1.54, 1.807) is 0 Å². The summed E-state index contributed by atoms with van der Waals surface area (Å²) in [4.78, 5) is 0. The van der Waals surface area contributed by atoms with E-state index < -0.39 is 23.4 Å². The predicted octanol–water partition coefficient (Wildman–Crippen LogP) is 16.6. The van der Waals surface area contributed by atoms with Crippen LogP contribution in [0.4, 0.5) is 0 Å². The Morgan fingerprint density at radius 1 is 0.393 bits per heavy atom. The summed E-state index contributed by atoms with van der Waals surface area (Å²) in [6.45, 7) is 6.65. The monoisotopic (exact) mass is 918 g/mol. The minimum atomic E-state index is -1.95. The molecule has 0 heterocycles. The normalized spacial score (nSPS) is 11.2. The van der Waals surface area contributed by atoms with Crippen LogP contribution in [0.1, 0.15) is 25.0 Å². The molecule has 0 radical (unpaired) electrons. The van der Waals surface area contributed by atoms with Crippen molar-refractivity contribution in [2.75, 3.05) is 0 Å². The molecule has 0 spiro atoms. The molecule has 298 valence electrons. The van der Waals surface area contributed by atoms with Gasteiger partial charge in [0.1, 0.15) is 0 Å². The summed E-state index contributed by atoms with van der Waals surface area (Å²) in [6.07, 6.45) is 2.15. The van der Waals surface area contributed by atoms with Crippen LogP contribution in [0, 0.1) is 0 Å². The van der Waals surface area contributed by atoms with Crippen molar-refractivity contribution in [3.63, 3.8) is 0 Å². The summed E-state index contributed by atoms with van der Waals surface area (Å²) in [5.74, 6) is 0. The van der Waals surface area contributed by atoms with Crippen LogP contribution >= 0.6 is 17.0 Å². The molecule has 0 bridgehead atoms. The fourth-order valence-electron chi connectivity index (χ4n) is 8.82. The molecule has 0 saturated carbocycles. The first-order chi connectivity index (χ1) is 29.9. The molecule has 0 aliphatic carbocycles. The standard InChI is InChI=1S/2C25H19.C7H8Si.2ClH.Zr/c2*1-2-17-14-18-9-7-13-23(24(18)15-17)25-16-19-8-3-4-10-20(19)21-11-5-6-12-22(21)25;1-8-7-5-3-2-4-6-7;;;/h2*3-16H,2H2,1H3;2-6H,1H3;2*1H;/q2*-1;;;;+2/p-2. The van der Waals surface area contributed by atoms with E-state index in [2.05, 4.69) is 202 Å². The van der Waals surface area contributed by atoms with Crippen LogP contribution < -0.4 is 5.19 Å². The van der Waals surface area contributed by atoms with E-state index in [1.807, 2.05) is 18.2 Å². The van der Waals surface area contributed by atoms with Gasteiger partial charge in [0.15, 0.2) is 0 Å². The van der Waals surface area contributed by atoms with Gasteiger partial charge in [-0.05, 0) is 79.2 Å². The Labute approximate surface area is 374 Å². The summed E-state index contributed by atoms with van der Waals surface area (Å²) < 4.78 is 0. The number of fused-ring (bicyclic) bond motifs is 8. The van der Waals surface area contributed by atoms with Gasteiger partial charge < -0.3 is 0 Å². The number of rotatable bonds is 5. The fraction of sp³-hybridized carbons (Fsp3) is 0.0877. The Morgan fingerprint density at radius 2 is 0.787 bits per heavy atom. The maximum atomic E-state index is 5.97. The molecule has 4 heteroatoms. The van der Waals surface area contributed by atoms with Crippen molar-refractivity contribution in [2.45, 2.75) is 33.2 Å². The van der Waals surface area contributed by atoms with Crippen molar-refractivity contribution >= 4 is 92.3 Å². The second-order valence-corrected chi connectivity index (χ2v) is 36.6. The molecular weight excluding hydrogens is 875 g/mol. The quantitative estimate of drug-likeness (QED) is 0.0917. The Morgan fingerprint density at radius 3 is 1.21 bits per heavy atom. The number of hydrogen-bond donors (Lipinski definition) is 0. The van der Waals surface area contributed by atoms with Crippen molar-refractivity contribution < 1.29 is 18.0 Å². The van der Waals surface area contributed by atoms with Crippen LogP contribution in [-0.2, 0) is 30.8 Å². The number of benzene rings is 9. The Balaban J connectivity index is 0.000000126. The molecular formula is C57H46Cl2SiZr-2. The molecule has 11 rings (SSSR count). The summed E-state index contributed by atoms with van der Waals surface area (Å²) in [5.41, 5.74) is 7.58. The zero-order valence-corrected chi connectivity index (χ0v) is 39.7. The van der Waals surface area contributed by atoms with Gasteiger partial charge in [0.25, 0.3) is 0 Å².